The van der Waals surface area contributed by atoms with Crippen LogP contribution in [0, 0.1) is 10.1 Å². The Hall–Kier alpha value is -1.83. The van der Waals surface area contributed by atoms with Crippen molar-refractivity contribution < 1.29 is 4.92 Å². The number of nitrogen functional groups attached to an aromatic ring is 1. The number of hydrogen-bond donors (Lipinski definition) is 3. The van der Waals surface area contributed by atoms with Crippen molar-refractivity contribution in [3.05, 3.63) is 56.0 Å². The van der Waals surface area contributed by atoms with Crippen molar-refractivity contribution >= 4 is 50.3 Å². The molecule has 0 unspecified atom stereocenters. The number of para-hydroxylation sites is 1. The maximum absolute atomic E-state index is 11.2. The van der Waals surface area contributed by atoms with Crippen LogP contribution in [0.15, 0.2) is 40.9 Å². The highest BCUT2D eigenvalue weighted by atomic mass is 79.9. The van der Waals surface area contributed by atoms with Gasteiger partial charge in [-0.3, -0.25) is 16.0 Å². The van der Waals surface area contributed by atoms with Gasteiger partial charge in [-0.05, 0) is 46.3 Å². The van der Waals surface area contributed by atoms with Crippen LogP contribution in [-0.4, -0.2) is 4.92 Å². The van der Waals surface area contributed by atoms with Crippen LogP contribution in [0.4, 0.5) is 22.7 Å². The smallest absolute Gasteiger partial charge is 0.316 e. The average molecular weight is 358 g/mol. The standard InChI is InChI=1S/C12H10BrClN4O2/c13-8-5-4-7(14)6-11(8)16-9-2-1-3-10(17-15)12(9)18(19)20/h1-6,16-17H,15H2. The van der Waals surface area contributed by atoms with Gasteiger partial charge >= 0.3 is 5.69 Å². The molecule has 2 aromatic carbocycles. The van der Waals surface area contributed by atoms with Gasteiger partial charge in [0.15, 0.2) is 0 Å². The third-order valence-electron chi connectivity index (χ3n) is 2.57. The Balaban J connectivity index is 2.48. The molecule has 0 atom stereocenters. The SMILES string of the molecule is NNc1cccc(Nc2cc(Cl)ccc2Br)c1[N+](=O)[O-]. The fourth-order valence-electron chi connectivity index (χ4n) is 1.70. The lowest BCUT2D eigenvalue weighted by atomic mass is 10.2. The molecule has 0 radical (unpaired) electrons. The zero-order chi connectivity index (χ0) is 14.7. The lowest BCUT2D eigenvalue weighted by molar-refractivity contribution is -0.383. The summed E-state index contributed by atoms with van der Waals surface area (Å²) >= 11 is 9.27. The third kappa shape index (κ3) is 3.01. The number of nitrogens with one attached hydrogen (secondary N) is 2. The Morgan fingerprint density at radius 1 is 1.20 bits per heavy atom. The van der Waals surface area contributed by atoms with Gasteiger partial charge in [0.05, 0.1) is 10.6 Å². The second-order valence-corrected chi connectivity index (χ2v) is 5.14. The number of nitrogens with two attached hydrogens (primary N) is 1. The van der Waals surface area contributed by atoms with E-state index in [9.17, 15) is 10.1 Å². The van der Waals surface area contributed by atoms with E-state index in [0.29, 0.717) is 16.4 Å². The fourth-order valence-corrected chi connectivity index (χ4v) is 2.21. The van der Waals surface area contributed by atoms with Crippen molar-refractivity contribution in [2.24, 2.45) is 5.84 Å². The van der Waals surface area contributed by atoms with Crippen molar-refractivity contribution in [2.45, 2.75) is 0 Å². The summed E-state index contributed by atoms with van der Waals surface area (Å²) in [4.78, 5) is 10.7. The molecule has 0 amide bonds. The molecule has 0 saturated carbocycles. The van der Waals surface area contributed by atoms with Crippen LogP contribution in [0.25, 0.3) is 0 Å². The van der Waals surface area contributed by atoms with Crippen LogP contribution < -0.4 is 16.6 Å². The molecule has 2 rings (SSSR count). The lowest BCUT2D eigenvalue weighted by Gasteiger charge is -2.11. The van der Waals surface area contributed by atoms with Gasteiger partial charge in [-0.15, -0.1) is 0 Å². The van der Waals surface area contributed by atoms with Gasteiger partial charge in [0.25, 0.3) is 0 Å². The summed E-state index contributed by atoms with van der Waals surface area (Å²) in [7, 11) is 0. The number of nitro groups is 1. The van der Waals surface area contributed by atoms with Gasteiger partial charge in [0.1, 0.15) is 11.4 Å². The Morgan fingerprint density at radius 2 is 1.90 bits per heavy atom. The Morgan fingerprint density at radius 3 is 2.55 bits per heavy atom. The molecular weight excluding hydrogens is 348 g/mol. The number of anilines is 3. The number of benzene rings is 2. The molecule has 20 heavy (non-hydrogen) atoms. The average Bonchev–Trinajstić information content (AvgIpc) is 2.42. The molecule has 6 nitrogen and oxygen atoms in total. The van der Waals surface area contributed by atoms with Crippen LogP contribution >= 0.6 is 27.5 Å². The monoisotopic (exact) mass is 356 g/mol. The lowest BCUT2D eigenvalue weighted by Crippen LogP contribution is -2.10. The van der Waals surface area contributed by atoms with E-state index < -0.39 is 4.92 Å². The molecule has 0 bridgehead atoms. The predicted octanol–water partition coefficient (Wildman–Crippen LogP) is 4.04. The highest BCUT2D eigenvalue weighted by Gasteiger charge is 2.19. The zero-order valence-electron chi connectivity index (χ0n) is 10.1. The molecule has 8 heteroatoms. The van der Waals surface area contributed by atoms with E-state index in [1.165, 1.54) is 6.07 Å². The molecule has 0 aliphatic carbocycles. The third-order valence-corrected chi connectivity index (χ3v) is 3.50. The van der Waals surface area contributed by atoms with E-state index in [2.05, 4.69) is 26.7 Å². The molecule has 0 spiro atoms. The second kappa shape index (κ2) is 6.08. The first kappa shape index (κ1) is 14.6. The highest BCUT2D eigenvalue weighted by Crippen LogP contribution is 2.36. The zero-order valence-corrected chi connectivity index (χ0v) is 12.4. The summed E-state index contributed by atoms with van der Waals surface area (Å²) in [5.41, 5.74) is 3.33. The second-order valence-electron chi connectivity index (χ2n) is 3.85. The molecule has 104 valence electrons. The van der Waals surface area contributed by atoms with Crippen LogP contribution in [0.1, 0.15) is 0 Å². The van der Waals surface area contributed by atoms with Gasteiger partial charge in [-0.2, -0.15) is 0 Å². The van der Waals surface area contributed by atoms with Crippen molar-refractivity contribution in [3.63, 3.8) is 0 Å². The van der Waals surface area contributed by atoms with Gasteiger partial charge < -0.3 is 10.7 Å². The van der Waals surface area contributed by atoms with Crippen molar-refractivity contribution in [1.29, 1.82) is 0 Å². The van der Waals surface area contributed by atoms with E-state index in [-0.39, 0.29) is 11.4 Å². The minimum absolute atomic E-state index is 0.137. The fraction of sp³-hybridized carbons (Fsp3) is 0. The predicted molar refractivity (Wildman–Crippen MR) is 83.3 cm³/mol. The number of rotatable bonds is 4. The molecule has 0 aliphatic heterocycles. The Kier molecular flexibility index (Phi) is 4.43. The van der Waals surface area contributed by atoms with Gasteiger partial charge in [0.2, 0.25) is 0 Å². The minimum atomic E-state index is -0.504. The van der Waals surface area contributed by atoms with E-state index >= 15 is 0 Å². The first-order valence-corrected chi connectivity index (χ1v) is 6.66. The van der Waals surface area contributed by atoms with Crippen LogP contribution in [0.3, 0.4) is 0 Å². The molecule has 2 aromatic rings. The van der Waals surface area contributed by atoms with Crippen LogP contribution in [-0.2, 0) is 0 Å². The summed E-state index contributed by atoms with van der Waals surface area (Å²) in [5, 5.41) is 14.7. The Labute approximate surface area is 128 Å². The number of nitrogens with zero attached hydrogens (tertiary/aromatic N) is 1. The van der Waals surface area contributed by atoms with Crippen LogP contribution in [0.2, 0.25) is 5.02 Å². The summed E-state index contributed by atoms with van der Waals surface area (Å²) in [6, 6.07) is 9.90. The minimum Gasteiger partial charge on any atom is -0.349 e. The molecule has 0 heterocycles. The van der Waals surface area contributed by atoms with Crippen molar-refractivity contribution in [3.8, 4) is 0 Å². The van der Waals surface area contributed by atoms with E-state index in [1.807, 2.05) is 0 Å². The first-order valence-electron chi connectivity index (χ1n) is 5.49. The largest absolute Gasteiger partial charge is 0.349 e. The van der Waals surface area contributed by atoms with Gasteiger partial charge in [-0.1, -0.05) is 17.7 Å². The molecule has 0 aromatic heterocycles. The quantitative estimate of drug-likeness (QED) is 0.436. The summed E-state index contributed by atoms with van der Waals surface area (Å²) in [6.07, 6.45) is 0. The highest BCUT2D eigenvalue weighted by molar-refractivity contribution is 9.10. The first-order chi connectivity index (χ1) is 9.52. The maximum Gasteiger partial charge on any atom is 0.316 e. The van der Waals surface area contributed by atoms with E-state index in [0.717, 1.165) is 4.47 Å². The molecule has 0 saturated heterocycles. The van der Waals surface area contributed by atoms with Crippen molar-refractivity contribution in [2.75, 3.05) is 10.7 Å². The number of nitro benzene ring substituents is 1. The summed E-state index contributed by atoms with van der Waals surface area (Å²) in [6.45, 7) is 0. The molecular formula is C12H10BrClN4O2. The van der Waals surface area contributed by atoms with Crippen LogP contribution in [0.5, 0.6) is 0 Å². The van der Waals surface area contributed by atoms with E-state index in [1.54, 1.807) is 30.3 Å². The molecule has 4 N–H and O–H groups in total. The normalized spacial score (nSPS) is 10.2. The maximum atomic E-state index is 11.2. The summed E-state index contributed by atoms with van der Waals surface area (Å²) < 4.78 is 0.738. The van der Waals surface area contributed by atoms with Gasteiger partial charge in [-0.25, -0.2) is 0 Å². The number of hydrazine groups is 1. The number of hydrogen-bond acceptors (Lipinski definition) is 5. The van der Waals surface area contributed by atoms with Gasteiger partial charge in [0, 0.05) is 9.50 Å². The van der Waals surface area contributed by atoms with Crippen molar-refractivity contribution in [1.82, 2.24) is 0 Å². The summed E-state index contributed by atoms with van der Waals surface area (Å²) in [5.74, 6) is 5.29. The van der Waals surface area contributed by atoms with E-state index in [4.69, 9.17) is 17.4 Å². The molecule has 0 fully saturated rings. The molecule has 0 aliphatic rings. The Bertz CT molecular complexity index is 666. The topological polar surface area (TPSA) is 93.2 Å². The number of halogens is 2.